The van der Waals surface area contributed by atoms with E-state index >= 15 is 0 Å². The molecule has 98 valence electrons. The molecule has 1 rings (SSSR count). The molecule has 7 heteroatoms. The molecule has 0 saturated heterocycles. The lowest BCUT2D eigenvalue weighted by molar-refractivity contribution is -0.117. The number of carbonyl (C=O) groups is 2. The molecular formula is C11H12FNO4S. The number of primary amides is 1. The zero-order valence-electron chi connectivity index (χ0n) is 9.55. The van der Waals surface area contributed by atoms with Crippen LogP contribution in [0, 0.1) is 5.82 Å². The van der Waals surface area contributed by atoms with Gasteiger partial charge < -0.3 is 10.8 Å². The summed E-state index contributed by atoms with van der Waals surface area (Å²) in [6.45, 7) is 1.63. The van der Waals surface area contributed by atoms with Gasteiger partial charge in [0, 0.05) is 4.90 Å². The first-order valence-electron chi connectivity index (χ1n) is 5.11. The van der Waals surface area contributed by atoms with Crippen molar-refractivity contribution in [2.75, 3.05) is 0 Å². The van der Waals surface area contributed by atoms with Gasteiger partial charge in [-0.2, -0.15) is 0 Å². The Hall–Kier alpha value is -1.76. The number of amides is 1. The molecule has 1 aromatic carbocycles. The molecule has 0 aliphatic rings. The summed E-state index contributed by atoms with van der Waals surface area (Å²) in [5, 5.41) is 7.83. The average molecular weight is 273 g/mol. The number of carboxylic acid groups (broad SMARTS) is 1. The normalized spacial score (nSPS) is 13.9. The summed E-state index contributed by atoms with van der Waals surface area (Å²) in [4.78, 5) is 21.9. The molecule has 0 fully saturated rings. The number of nitrogens with two attached hydrogens (primary N) is 1. The fraction of sp³-hybridized carbons (Fsp3) is 0.273. The first-order chi connectivity index (χ1) is 8.38. The number of hydrogen-bond acceptors (Lipinski definition) is 3. The first kappa shape index (κ1) is 14.3. The van der Waals surface area contributed by atoms with Crippen LogP contribution in [0.2, 0.25) is 0 Å². The van der Waals surface area contributed by atoms with Gasteiger partial charge in [0.05, 0.1) is 16.4 Å². The third-order valence-corrected chi connectivity index (χ3v) is 4.15. The molecule has 1 aromatic rings. The van der Waals surface area contributed by atoms with E-state index in [4.69, 9.17) is 10.8 Å². The second-order valence-corrected chi connectivity index (χ2v) is 5.18. The fourth-order valence-corrected chi connectivity index (χ4v) is 2.69. The molecule has 0 bridgehead atoms. The van der Waals surface area contributed by atoms with Crippen LogP contribution in [-0.4, -0.2) is 26.4 Å². The minimum Gasteiger partial charge on any atom is -0.478 e. The summed E-state index contributed by atoms with van der Waals surface area (Å²) in [6, 6.07) is 3.05. The largest absolute Gasteiger partial charge is 0.478 e. The summed E-state index contributed by atoms with van der Waals surface area (Å²) in [5.74, 6) is -3.12. The van der Waals surface area contributed by atoms with Crippen molar-refractivity contribution in [3.63, 3.8) is 0 Å². The molecule has 18 heavy (non-hydrogen) atoms. The molecule has 2 unspecified atom stereocenters. The highest BCUT2D eigenvalue weighted by molar-refractivity contribution is 7.86. The second-order valence-electron chi connectivity index (χ2n) is 3.54. The predicted octanol–water partition coefficient (Wildman–Crippen LogP) is 0.895. The van der Waals surface area contributed by atoms with Crippen molar-refractivity contribution in [3.8, 4) is 0 Å². The van der Waals surface area contributed by atoms with E-state index in [-0.39, 0.29) is 11.3 Å². The predicted molar refractivity (Wildman–Crippen MR) is 63.0 cm³/mol. The van der Waals surface area contributed by atoms with Crippen molar-refractivity contribution < 1.29 is 23.3 Å². The molecule has 3 N–H and O–H groups in total. The van der Waals surface area contributed by atoms with E-state index < -0.39 is 39.3 Å². The molecule has 0 heterocycles. The lowest BCUT2D eigenvalue weighted by Crippen LogP contribution is -2.32. The first-order valence-corrected chi connectivity index (χ1v) is 6.32. The highest BCUT2D eigenvalue weighted by Gasteiger charge is 2.23. The quantitative estimate of drug-likeness (QED) is 0.832. The van der Waals surface area contributed by atoms with E-state index in [0.717, 1.165) is 12.1 Å². The van der Waals surface area contributed by atoms with Crippen LogP contribution in [-0.2, 0) is 15.6 Å². The zero-order chi connectivity index (χ0) is 13.9. The van der Waals surface area contributed by atoms with Crippen molar-refractivity contribution in [1.82, 2.24) is 0 Å². The Labute approximate surface area is 105 Å². The maximum atomic E-state index is 13.2. The van der Waals surface area contributed by atoms with Crippen LogP contribution in [0.25, 0.3) is 0 Å². The third-order valence-electron chi connectivity index (χ3n) is 2.35. The van der Waals surface area contributed by atoms with Gasteiger partial charge in [-0.05, 0) is 24.6 Å². The van der Waals surface area contributed by atoms with Crippen molar-refractivity contribution in [1.29, 1.82) is 0 Å². The van der Waals surface area contributed by atoms with Gasteiger partial charge in [-0.1, -0.05) is 6.92 Å². The van der Waals surface area contributed by atoms with Gasteiger partial charge in [0.25, 0.3) is 0 Å². The summed E-state index contributed by atoms with van der Waals surface area (Å²) in [5.41, 5.74) is 4.51. The van der Waals surface area contributed by atoms with E-state index in [9.17, 15) is 18.2 Å². The van der Waals surface area contributed by atoms with E-state index in [0.29, 0.717) is 0 Å². The van der Waals surface area contributed by atoms with Gasteiger partial charge in [-0.3, -0.25) is 9.00 Å². The number of rotatable bonds is 5. The lowest BCUT2D eigenvalue weighted by atomic mass is 10.2. The van der Waals surface area contributed by atoms with Gasteiger partial charge in [-0.25, -0.2) is 9.18 Å². The van der Waals surface area contributed by atoms with Crippen LogP contribution < -0.4 is 5.73 Å². The Balaban J connectivity index is 3.18. The topological polar surface area (TPSA) is 97.5 Å². The maximum Gasteiger partial charge on any atom is 0.338 e. The number of benzene rings is 1. The van der Waals surface area contributed by atoms with Gasteiger partial charge >= 0.3 is 5.97 Å². The van der Waals surface area contributed by atoms with Crippen LogP contribution in [0.4, 0.5) is 4.39 Å². The van der Waals surface area contributed by atoms with Crippen molar-refractivity contribution >= 4 is 22.7 Å². The Bertz CT molecular complexity index is 518. The SMILES string of the molecule is CCC(C(N)=O)S(=O)c1ccc(F)c(C(=O)O)c1. The average Bonchev–Trinajstić information content (AvgIpc) is 2.29. The monoisotopic (exact) mass is 273 g/mol. The van der Waals surface area contributed by atoms with E-state index in [1.54, 1.807) is 6.92 Å². The summed E-state index contributed by atoms with van der Waals surface area (Å²) < 4.78 is 25.2. The Morgan fingerprint density at radius 2 is 2.11 bits per heavy atom. The molecule has 1 amide bonds. The van der Waals surface area contributed by atoms with Crippen molar-refractivity contribution in [3.05, 3.63) is 29.6 Å². The van der Waals surface area contributed by atoms with E-state index in [1.807, 2.05) is 0 Å². The van der Waals surface area contributed by atoms with Gasteiger partial charge in [0.1, 0.15) is 11.1 Å². The van der Waals surface area contributed by atoms with Crippen LogP contribution >= 0.6 is 0 Å². The Morgan fingerprint density at radius 1 is 1.50 bits per heavy atom. The van der Waals surface area contributed by atoms with E-state index in [1.165, 1.54) is 6.07 Å². The second kappa shape index (κ2) is 5.72. The minimum atomic E-state index is -1.79. The minimum absolute atomic E-state index is 0.0689. The highest BCUT2D eigenvalue weighted by Crippen LogP contribution is 2.18. The number of aromatic carboxylic acids is 1. The lowest BCUT2D eigenvalue weighted by Gasteiger charge is -2.11. The van der Waals surface area contributed by atoms with Crippen molar-refractivity contribution in [2.45, 2.75) is 23.5 Å². The number of hydrogen-bond donors (Lipinski definition) is 2. The van der Waals surface area contributed by atoms with Crippen LogP contribution in [0.15, 0.2) is 23.1 Å². The van der Waals surface area contributed by atoms with Crippen molar-refractivity contribution in [2.24, 2.45) is 5.73 Å². The molecule has 0 saturated carbocycles. The molecular weight excluding hydrogens is 261 g/mol. The maximum absolute atomic E-state index is 13.2. The molecule has 0 aromatic heterocycles. The van der Waals surface area contributed by atoms with Gasteiger partial charge in [0.2, 0.25) is 5.91 Å². The molecule has 2 atom stereocenters. The summed E-state index contributed by atoms with van der Waals surface area (Å²) >= 11 is 0. The smallest absolute Gasteiger partial charge is 0.338 e. The van der Waals surface area contributed by atoms with E-state index in [2.05, 4.69) is 0 Å². The number of carbonyl (C=O) groups excluding carboxylic acids is 1. The fourth-order valence-electron chi connectivity index (χ4n) is 1.42. The molecule has 0 aliphatic carbocycles. The third kappa shape index (κ3) is 2.92. The number of carboxylic acids is 1. The summed E-state index contributed by atoms with van der Waals surface area (Å²) in [7, 11) is -1.79. The van der Waals surface area contributed by atoms with Gasteiger partial charge in [-0.15, -0.1) is 0 Å². The molecule has 0 radical (unpaired) electrons. The summed E-state index contributed by atoms with van der Waals surface area (Å²) in [6.07, 6.45) is 0.252. The molecule has 0 spiro atoms. The molecule has 5 nitrogen and oxygen atoms in total. The van der Waals surface area contributed by atoms with Crippen LogP contribution in [0.1, 0.15) is 23.7 Å². The zero-order valence-corrected chi connectivity index (χ0v) is 10.4. The Morgan fingerprint density at radius 3 is 2.56 bits per heavy atom. The highest BCUT2D eigenvalue weighted by atomic mass is 32.2. The number of halogens is 1. The van der Waals surface area contributed by atoms with Gasteiger partial charge in [0.15, 0.2) is 0 Å². The Kier molecular flexibility index (Phi) is 4.55. The standard InChI is InChI=1S/C11H12FNO4S/c1-2-9(10(13)14)18(17)6-3-4-8(12)7(5-6)11(15)16/h3-5,9H,2H2,1H3,(H2,13,14)(H,15,16). The molecule has 0 aliphatic heterocycles. The van der Waals surface area contributed by atoms with Crippen LogP contribution in [0.5, 0.6) is 0 Å². The van der Waals surface area contributed by atoms with Crippen LogP contribution in [0.3, 0.4) is 0 Å².